The maximum atomic E-state index is 13.9. The average Bonchev–Trinajstić information content (AvgIpc) is 2.98. The minimum absolute atomic E-state index is 0.0837. The number of halogens is 1. The lowest BCUT2D eigenvalue weighted by Crippen LogP contribution is -2.12. The largest absolute Gasteiger partial charge is 0.493 e. The maximum absolute atomic E-state index is 13.9. The molecular weight excluding hydrogens is 393 g/mol. The molecule has 29 heavy (non-hydrogen) atoms. The molecule has 150 valence electrons. The number of carbonyl (C=O) groups excluding carboxylic acids is 1. The van der Waals surface area contributed by atoms with Gasteiger partial charge in [-0.1, -0.05) is 24.3 Å². The Balaban J connectivity index is 1.67. The number of anilines is 1. The molecule has 2 heterocycles. The quantitative estimate of drug-likeness (QED) is 0.655. The topological polar surface area (TPSA) is 76.2 Å². The fourth-order valence-electron chi connectivity index (χ4n) is 3.27. The van der Waals surface area contributed by atoms with Crippen LogP contribution in [-0.4, -0.2) is 29.0 Å². The van der Waals surface area contributed by atoms with E-state index in [0.717, 1.165) is 16.8 Å². The zero-order valence-corrected chi connectivity index (χ0v) is 16.8. The van der Waals surface area contributed by atoms with Crippen molar-refractivity contribution in [1.29, 1.82) is 0 Å². The standard InChI is InChI=1S/C21H20FN3O3S/c1-12-19-20(29-11-18(26)23-21(19)25-24-12)13-7-8-16(27-2)17(9-13)28-10-14-5-3-4-6-15(14)22/h3-9,20H,10-11H2,1-2H3,(H2,23,24,25,26). The van der Waals surface area contributed by atoms with Gasteiger partial charge in [0, 0.05) is 16.8 Å². The molecule has 1 atom stereocenters. The smallest absolute Gasteiger partial charge is 0.235 e. The van der Waals surface area contributed by atoms with Crippen LogP contribution in [0.25, 0.3) is 0 Å². The van der Waals surface area contributed by atoms with Crippen molar-refractivity contribution in [3.63, 3.8) is 0 Å². The number of rotatable bonds is 5. The lowest BCUT2D eigenvalue weighted by atomic mass is 10.0. The summed E-state index contributed by atoms with van der Waals surface area (Å²) >= 11 is 1.52. The normalized spacial score (nSPS) is 16.0. The molecule has 6 nitrogen and oxygen atoms in total. The van der Waals surface area contributed by atoms with Gasteiger partial charge in [-0.2, -0.15) is 5.10 Å². The Morgan fingerprint density at radius 3 is 2.86 bits per heavy atom. The SMILES string of the molecule is COc1ccc(C2SCC(=O)Nc3n[nH]c(C)c32)cc1OCc1ccccc1F. The number of aryl methyl sites for hydroxylation is 1. The van der Waals surface area contributed by atoms with Gasteiger partial charge in [0.2, 0.25) is 5.91 Å². The van der Waals surface area contributed by atoms with E-state index in [0.29, 0.717) is 28.6 Å². The van der Waals surface area contributed by atoms with Crippen LogP contribution in [-0.2, 0) is 11.4 Å². The summed E-state index contributed by atoms with van der Waals surface area (Å²) in [5, 5.41) is 9.88. The Hall–Kier alpha value is -3.00. The van der Waals surface area contributed by atoms with Crippen LogP contribution in [0.15, 0.2) is 42.5 Å². The van der Waals surface area contributed by atoms with Gasteiger partial charge < -0.3 is 14.8 Å². The van der Waals surface area contributed by atoms with Gasteiger partial charge in [-0.05, 0) is 30.7 Å². The molecule has 1 aliphatic rings. The highest BCUT2D eigenvalue weighted by molar-refractivity contribution is 8.00. The van der Waals surface area contributed by atoms with Gasteiger partial charge in [0.15, 0.2) is 17.3 Å². The summed E-state index contributed by atoms with van der Waals surface area (Å²) in [6.07, 6.45) is 0. The third kappa shape index (κ3) is 3.93. The first-order valence-electron chi connectivity index (χ1n) is 9.07. The van der Waals surface area contributed by atoms with Gasteiger partial charge in [0.05, 0.1) is 18.1 Å². The van der Waals surface area contributed by atoms with Crippen LogP contribution in [0.1, 0.15) is 27.6 Å². The molecule has 1 aliphatic heterocycles. The van der Waals surface area contributed by atoms with E-state index in [-0.39, 0.29) is 23.6 Å². The number of benzene rings is 2. The van der Waals surface area contributed by atoms with E-state index < -0.39 is 0 Å². The molecule has 2 N–H and O–H groups in total. The Bertz CT molecular complexity index is 1050. The van der Waals surface area contributed by atoms with Crippen LogP contribution in [0.2, 0.25) is 0 Å². The number of nitrogens with zero attached hydrogens (tertiary/aromatic N) is 1. The summed E-state index contributed by atoms with van der Waals surface area (Å²) in [5.74, 6) is 1.53. The van der Waals surface area contributed by atoms with Gasteiger partial charge in [-0.25, -0.2) is 4.39 Å². The summed E-state index contributed by atoms with van der Waals surface area (Å²) in [5.41, 5.74) is 3.24. The second-order valence-electron chi connectivity index (χ2n) is 6.64. The predicted octanol–water partition coefficient (Wildman–Crippen LogP) is 4.22. The number of hydrogen-bond acceptors (Lipinski definition) is 5. The number of ether oxygens (including phenoxy) is 2. The fourth-order valence-corrected chi connectivity index (χ4v) is 4.45. The molecule has 0 fully saturated rings. The first-order chi connectivity index (χ1) is 14.1. The van der Waals surface area contributed by atoms with Gasteiger partial charge in [0.25, 0.3) is 0 Å². The number of methoxy groups -OCH3 is 1. The molecule has 0 saturated carbocycles. The summed E-state index contributed by atoms with van der Waals surface area (Å²) in [6, 6.07) is 12.1. The van der Waals surface area contributed by atoms with Crippen molar-refractivity contribution in [3.05, 3.63) is 70.7 Å². The van der Waals surface area contributed by atoms with Crippen LogP contribution in [0.3, 0.4) is 0 Å². The molecule has 0 spiro atoms. The Kier molecular flexibility index (Phi) is 5.44. The molecule has 1 aromatic heterocycles. The van der Waals surface area contributed by atoms with Crippen molar-refractivity contribution in [2.24, 2.45) is 0 Å². The van der Waals surface area contributed by atoms with E-state index in [9.17, 15) is 9.18 Å². The van der Waals surface area contributed by atoms with Crippen molar-refractivity contribution in [3.8, 4) is 11.5 Å². The van der Waals surface area contributed by atoms with Gasteiger partial charge in [-0.3, -0.25) is 9.89 Å². The lowest BCUT2D eigenvalue weighted by molar-refractivity contribution is -0.113. The van der Waals surface area contributed by atoms with Crippen molar-refractivity contribution in [2.75, 3.05) is 18.2 Å². The minimum Gasteiger partial charge on any atom is -0.493 e. The first kappa shape index (κ1) is 19.3. The molecule has 0 aliphatic carbocycles. The highest BCUT2D eigenvalue weighted by atomic mass is 32.2. The highest BCUT2D eigenvalue weighted by Crippen LogP contribution is 2.44. The van der Waals surface area contributed by atoms with Crippen molar-refractivity contribution in [2.45, 2.75) is 18.8 Å². The summed E-state index contributed by atoms with van der Waals surface area (Å²) in [4.78, 5) is 12.0. The summed E-state index contributed by atoms with van der Waals surface area (Å²) in [6.45, 7) is 2.01. The summed E-state index contributed by atoms with van der Waals surface area (Å²) in [7, 11) is 1.56. The molecule has 8 heteroatoms. The zero-order valence-electron chi connectivity index (χ0n) is 16.0. The average molecular weight is 413 g/mol. The Morgan fingerprint density at radius 1 is 1.24 bits per heavy atom. The van der Waals surface area contributed by atoms with E-state index >= 15 is 0 Å². The maximum Gasteiger partial charge on any atom is 0.235 e. The van der Waals surface area contributed by atoms with Crippen LogP contribution >= 0.6 is 11.8 Å². The van der Waals surface area contributed by atoms with E-state index in [1.807, 2.05) is 25.1 Å². The van der Waals surface area contributed by atoms with Crippen LogP contribution < -0.4 is 14.8 Å². The van der Waals surface area contributed by atoms with Gasteiger partial charge >= 0.3 is 0 Å². The van der Waals surface area contributed by atoms with E-state index in [1.165, 1.54) is 17.8 Å². The predicted molar refractivity (Wildman–Crippen MR) is 110 cm³/mol. The van der Waals surface area contributed by atoms with Crippen LogP contribution in [0, 0.1) is 12.7 Å². The fraction of sp³-hybridized carbons (Fsp3) is 0.238. The molecule has 2 aromatic carbocycles. The number of amides is 1. The number of fused-ring (bicyclic) bond motifs is 1. The van der Waals surface area contributed by atoms with Gasteiger partial charge in [0.1, 0.15) is 12.4 Å². The number of H-pyrrole nitrogens is 1. The molecule has 0 bridgehead atoms. The number of aromatic nitrogens is 2. The number of carbonyl (C=O) groups is 1. The third-order valence-electron chi connectivity index (χ3n) is 4.73. The third-order valence-corrected chi connectivity index (χ3v) is 6.00. The molecule has 1 amide bonds. The number of hydrogen-bond donors (Lipinski definition) is 2. The summed E-state index contributed by atoms with van der Waals surface area (Å²) < 4.78 is 25.3. The van der Waals surface area contributed by atoms with Crippen LogP contribution in [0.4, 0.5) is 10.2 Å². The van der Waals surface area contributed by atoms with E-state index in [4.69, 9.17) is 9.47 Å². The van der Waals surface area contributed by atoms with E-state index in [1.54, 1.807) is 25.3 Å². The monoisotopic (exact) mass is 413 g/mol. The van der Waals surface area contributed by atoms with Crippen molar-refractivity contribution < 1.29 is 18.7 Å². The minimum atomic E-state index is -0.315. The molecule has 0 radical (unpaired) electrons. The lowest BCUT2D eigenvalue weighted by Gasteiger charge is -2.18. The molecule has 4 rings (SSSR count). The number of aromatic amines is 1. The van der Waals surface area contributed by atoms with Crippen LogP contribution in [0.5, 0.6) is 11.5 Å². The second-order valence-corrected chi connectivity index (χ2v) is 7.73. The molecule has 3 aromatic rings. The highest BCUT2D eigenvalue weighted by Gasteiger charge is 2.28. The first-order valence-corrected chi connectivity index (χ1v) is 10.1. The second kappa shape index (κ2) is 8.16. The number of thioether (sulfide) groups is 1. The van der Waals surface area contributed by atoms with E-state index in [2.05, 4.69) is 15.5 Å². The van der Waals surface area contributed by atoms with Crippen molar-refractivity contribution >= 4 is 23.5 Å². The molecular formula is C21H20FN3O3S. The molecule has 1 unspecified atom stereocenters. The Morgan fingerprint density at radius 2 is 2.07 bits per heavy atom. The Labute approximate surface area is 171 Å². The van der Waals surface area contributed by atoms with Crippen molar-refractivity contribution in [1.82, 2.24) is 10.2 Å². The molecule has 0 saturated heterocycles. The van der Waals surface area contributed by atoms with Gasteiger partial charge in [-0.15, -0.1) is 11.8 Å². The number of nitrogens with one attached hydrogen (secondary N) is 2. The zero-order chi connectivity index (χ0) is 20.4.